The quantitative estimate of drug-likeness (QED) is 0.359. The lowest BCUT2D eigenvalue weighted by Gasteiger charge is -2.31. The fourth-order valence-electron chi connectivity index (χ4n) is 3.87. The fraction of sp³-hybridized carbons (Fsp3) is 0.240. The van der Waals surface area contributed by atoms with Crippen molar-refractivity contribution in [3.8, 4) is 17.2 Å². The Kier molecular flexibility index (Phi) is 7.18. The van der Waals surface area contributed by atoms with Crippen molar-refractivity contribution in [3.05, 3.63) is 86.3 Å². The molecular formula is C25H24Br2N2O3. The van der Waals surface area contributed by atoms with Gasteiger partial charge < -0.3 is 14.6 Å². The number of phenolic OH excluding ortho intramolecular Hbond substituents is 1. The number of nitrogens with zero attached hydrogens (tertiary/aromatic N) is 1. The smallest absolute Gasteiger partial charge is 0.130 e. The molecule has 4 rings (SSSR count). The number of halogens is 2. The van der Waals surface area contributed by atoms with Gasteiger partial charge in [0.2, 0.25) is 0 Å². The number of aromatic hydroxyl groups is 1. The summed E-state index contributed by atoms with van der Waals surface area (Å²) in [6, 6.07) is 19.2. The van der Waals surface area contributed by atoms with Crippen LogP contribution in [0.25, 0.3) is 0 Å². The summed E-state index contributed by atoms with van der Waals surface area (Å²) in [6.45, 7) is 2.59. The SMILES string of the molecule is CCOc1ccc(C2=N[C@@H](c3cc(Br)ccc3OC)N[C@@H](c3cc(Br)ccc3O)C2)cc1. The monoisotopic (exact) mass is 558 g/mol. The number of hydrogen-bond acceptors (Lipinski definition) is 5. The molecule has 0 aliphatic carbocycles. The van der Waals surface area contributed by atoms with E-state index < -0.39 is 0 Å². The van der Waals surface area contributed by atoms with E-state index in [4.69, 9.17) is 14.5 Å². The third-order valence-corrected chi connectivity index (χ3v) is 6.38. The normalized spacial score (nSPS) is 18.2. The number of ether oxygens (including phenoxy) is 2. The van der Waals surface area contributed by atoms with Crippen LogP contribution in [0.5, 0.6) is 17.2 Å². The van der Waals surface area contributed by atoms with E-state index in [1.54, 1.807) is 13.2 Å². The first-order valence-corrected chi connectivity index (χ1v) is 11.9. The van der Waals surface area contributed by atoms with Crippen molar-refractivity contribution >= 4 is 37.6 Å². The molecule has 1 heterocycles. The minimum Gasteiger partial charge on any atom is -0.508 e. The predicted octanol–water partition coefficient (Wildman–Crippen LogP) is 6.55. The summed E-state index contributed by atoms with van der Waals surface area (Å²) in [6.07, 6.45) is 0.284. The molecule has 0 unspecified atom stereocenters. The van der Waals surface area contributed by atoms with Crippen molar-refractivity contribution in [3.63, 3.8) is 0 Å². The number of phenols is 1. The maximum atomic E-state index is 10.6. The van der Waals surface area contributed by atoms with Crippen molar-refractivity contribution in [2.75, 3.05) is 13.7 Å². The predicted molar refractivity (Wildman–Crippen MR) is 134 cm³/mol. The second-order valence-corrected chi connectivity index (χ2v) is 9.28. The first kappa shape index (κ1) is 22.8. The topological polar surface area (TPSA) is 63.1 Å². The Balaban J connectivity index is 1.78. The van der Waals surface area contributed by atoms with Crippen LogP contribution < -0.4 is 14.8 Å². The first-order chi connectivity index (χ1) is 15.5. The average Bonchev–Trinajstić information content (AvgIpc) is 2.81. The molecule has 1 aliphatic rings. The van der Waals surface area contributed by atoms with E-state index in [1.165, 1.54) is 0 Å². The van der Waals surface area contributed by atoms with Crippen LogP contribution in [0.15, 0.2) is 74.6 Å². The Bertz CT molecular complexity index is 1130. The Morgan fingerprint density at radius 3 is 2.38 bits per heavy atom. The van der Waals surface area contributed by atoms with Gasteiger partial charge in [-0.15, -0.1) is 0 Å². The van der Waals surface area contributed by atoms with Crippen molar-refractivity contribution in [1.82, 2.24) is 5.32 Å². The molecule has 3 aromatic rings. The van der Waals surface area contributed by atoms with Crippen LogP contribution in [-0.4, -0.2) is 24.5 Å². The van der Waals surface area contributed by atoms with Gasteiger partial charge >= 0.3 is 0 Å². The van der Waals surface area contributed by atoms with Crippen molar-refractivity contribution in [2.45, 2.75) is 25.6 Å². The highest BCUT2D eigenvalue weighted by atomic mass is 79.9. The van der Waals surface area contributed by atoms with Gasteiger partial charge in [0.25, 0.3) is 0 Å². The molecule has 32 heavy (non-hydrogen) atoms. The summed E-state index contributed by atoms with van der Waals surface area (Å²) in [5.41, 5.74) is 3.71. The maximum absolute atomic E-state index is 10.6. The zero-order valence-electron chi connectivity index (χ0n) is 17.8. The van der Waals surface area contributed by atoms with E-state index in [1.807, 2.05) is 61.5 Å². The molecule has 7 heteroatoms. The summed E-state index contributed by atoms with van der Waals surface area (Å²) in [4.78, 5) is 5.05. The molecule has 2 atom stereocenters. The molecule has 0 saturated carbocycles. The molecule has 0 bridgehead atoms. The molecule has 1 aliphatic heterocycles. The number of methoxy groups -OCH3 is 1. The molecule has 0 saturated heterocycles. The lowest BCUT2D eigenvalue weighted by molar-refractivity contribution is 0.340. The van der Waals surface area contributed by atoms with E-state index in [9.17, 15) is 5.11 Å². The number of benzene rings is 3. The van der Waals surface area contributed by atoms with Crippen LogP contribution in [0.4, 0.5) is 0 Å². The van der Waals surface area contributed by atoms with Gasteiger partial charge in [-0.1, -0.05) is 31.9 Å². The van der Waals surface area contributed by atoms with Gasteiger partial charge in [0.15, 0.2) is 0 Å². The minimum absolute atomic E-state index is 0.139. The fourth-order valence-corrected chi connectivity index (χ4v) is 4.63. The Morgan fingerprint density at radius 2 is 1.69 bits per heavy atom. The van der Waals surface area contributed by atoms with Gasteiger partial charge in [0, 0.05) is 38.2 Å². The van der Waals surface area contributed by atoms with E-state index in [2.05, 4.69) is 37.2 Å². The number of rotatable bonds is 6. The average molecular weight is 560 g/mol. The van der Waals surface area contributed by atoms with E-state index in [0.29, 0.717) is 13.0 Å². The molecule has 5 nitrogen and oxygen atoms in total. The van der Waals surface area contributed by atoms with Crippen molar-refractivity contribution in [1.29, 1.82) is 0 Å². The number of nitrogens with one attached hydrogen (secondary N) is 1. The van der Waals surface area contributed by atoms with Gasteiger partial charge in [-0.3, -0.25) is 10.3 Å². The molecule has 0 aromatic heterocycles. The van der Waals surface area contributed by atoms with Crippen LogP contribution in [-0.2, 0) is 0 Å². The maximum Gasteiger partial charge on any atom is 0.130 e. The van der Waals surface area contributed by atoms with Crippen LogP contribution in [0, 0.1) is 0 Å². The third kappa shape index (κ3) is 5.00. The summed E-state index contributed by atoms with van der Waals surface area (Å²) in [5.74, 6) is 1.83. The molecule has 0 fully saturated rings. The molecule has 3 aromatic carbocycles. The zero-order valence-corrected chi connectivity index (χ0v) is 21.0. The molecular weight excluding hydrogens is 536 g/mol. The molecule has 0 amide bonds. The van der Waals surface area contributed by atoms with Crippen molar-refractivity contribution < 1.29 is 14.6 Å². The molecule has 0 radical (unpaired) electrons. The third-order valence-electron chi connectivity index (χ3n) is 5.39. The Labute approximate surface area is 204 Å². The lowest BCUT2D eigenvalue weighted by atomic mass is 9.93. The summed E-state index contributed by atoms with van der Waals surface area (Å²) in [7, 11) is 1.66. The second kappa shape index (κ2) is 10.1. The highest BCUT2D eigenvalue weighted by molar-refractivity contribution is 9.10. The lowest BCUT2D eigenvalue weighted by Crippen LogP contribution is -2.33. The highest BCUT2D eigenvalue weighted by Gasteiger charge is 2.29. The Morgan fingerprint density at radius 1 is 1.00 bits per heavy atom. The van der Waals surface area contributed by atoms with Gasteiger partial charge in [-0.05, 0) is 73.2 Å². The zero-order chi connectivity index (χ0) is 22.7. The highest BCUT2D eigenvalue weighted by Crippen LogP contribution is 2.38. The van der Waals surface area contributed by atoms with Gasteiger partial charge in [0.05, 0.1) is 13.7 Å². The molecule has 166 valence electrons. The van der Waals surface area contributed by atoms with E-state index in [0.717, 1.165) is 42.8 Å². The van der Waals surface area contributed by atoms with Gasteiger partial charge in [0.1, 0.15) is 23.4 Å². The van der Waals surface area contributed by atoms with Crippen LogP contribution in [0.2, 0.25) is 0 Å². The van der Waals surface area contributed by atoms with Gasteiger partial charge in [-0.2, -0.15) is 0 Å². The van der Waals surface area contributed by atoms with Crippen molar-refractivity contribution in [2.24, 2.45) is 4.99 Å². The largest absolute Gasteiger partial charge is 0.508 e. The molecule has 0 spiro atoms. The molecule has 2 N–H and O–H groups in total. The first-order valence-electron chi connectivity index (χ1n) is 10.4. The van der Waals surface area contributed by atoms with Crippen LogP contribution in [0.3, 0.4) is 0 Å². The number of hydrogen-bond donors (Lipinski definition) is 2. The Hall–Kier alpha value is -2.35. The van der Waals surface area contributed by atoms with E-state index >= 15 is 0 Å². The standard InChI is InChI=1S/C25H24Br2N2O3/c1-3-32-18-8-4-15(5-9-18)21-14-22(19-12-16(26)6-10-23(19)30)29-25(28-21)20-13-17(27)7-11-24(20)31-2/h4-13,22,25,29-30H,3,14H2,1-2H3/t22-,25-/m1/s1. The summed E-state index contributed by atoms with van der Waals surface area (Å²) in [5, 5.41) is 14.2. The minimum atomic E-state index is -0.346. The summed E-state index contributed by atoms with van der Waals surface area (Å²) < 4.78 is 13.1. The second-order valence-electron chi connectivity index (χ2n) is 7.45. The van der Waals surface area contributed by atoms with Crippen LogP contribution in [0.1, 0.15) is 42.2 Å². The van der Waals surface area contributed by atoms with E-state index in [-0.39, 0.29) is 18.0 Å². The van der Waals surface area contributed by atoms with Crippen LogP contribution >= 0.6 is 31.9 Å². The van der Waals surface area contributed by atoms with Gasteiger partial charge in [-0.25, -0.2) is 0 Å². The number of aliphatic imine (C=N–C) groups is 1. The summed E-state index contributed by atoms with van der Waals surface area (Å²) >= 11 is 7.09.